The lowest BCUT2D eigenvalue weighted by Gasteiger charge is -2.15. The van der Waals surface area contributed by atoms with Crippen molar-refractivity contribution in [3.05, 3.63) is 39.8 Å². The van der Waals surface area contributed by atoms with Crippen molar-refractivity contribution >= 4 is 17.2 Å². The van der Waals surface area contributed by atoms with E-state index < -0.39 is 0 Å². The second-order valence-corrected chi connectivity index (χ2v) is 6.42. The van der Waals surface area contributed by atoms with Gasteiger partial charge in [-0.25, -0.2) is 4.98 Å². The van der Waals surface area contributed by atoms with E-state index in [1.165, 1.54) is 0 Å². The third-order valence-electron chi connectivity index (χ3n) is 3.89. The first-order valence-corrected chi connectivity index (χ1v) is 9.14. The molecule has 1 aromatic carbocycles. The molecule has 1 N–H and O–H groups in total. The molecule has 0 fully saturated rings. The van der Waals surface area contributed by atoms with Crippen LogP contribution in [0.15, 0.2) is 23.6 Å². The molecule has 0 saturated carbocycles. The second-order valence-electron chi connectivity index (χ2n) is 5.48. The number of hydrogen-bond donors (Lipinski definition) is 1. The third-order valence-corrected chi connectivity index (χ3v) is 4.79. The fourth-order valence-corrected chi connectivity index (χ4v) is 3.10. The largest absolute Gasteiger partial charge is 0.497 e. The summed E-state index contributed by atoms with van der Waals surface area (Å²) < 4.78 is 10.4. The molecule has 1 amide bonds. The molecule has 0 aliphatic carbocycles. The molecule has 1 heterocycles. The predicted octanol–water partition coefficient (Wildman–Crippen LogP) is 2.93. The molecular weight excluding hydrogens is 338 g/mol. The molecule has 0 unspecified atom stereocenters. The number of benzene rings is 1. The number of methoxy groups -OCH3 is 2. The molecule has 0 atom stereocenters. The number of amides is 1. The quantitative estimate of drug-likeness (QED) is 0.742. The van der Waals surface area contributed by atoms with Gasteiger partial charge in [-0.15, -0.1) is 11.3 Å². The Kier molecular flexibility index (Phi) is 7.21. The van der Waals surface area contributed by atoms with Crippen LogP contribution in [0.5, 0.6) is 11.5 Å². The first-order chi connectivity index (χ1) is 12.1. The normalized spacial score (nSPS) is 10.8. The van der Waals surface area contributed by atoms with Gasteiger partial charge in [0.25, 0.3) is 5.91 Å². The monoisotopic (exact) mass is 363 g/mol. The number of aromatic nitrogens is 1. The van der Waals surface area contributed by atoms with Gasteiger partial charge in [0.15, 0.2) is 0 Å². The van der Waals surface area contributed by atoms with Crippen molar-refractivity contribution in [3.8, 4) is 11.5 Å². The van der Waals surface area contributed by atoms with Crippen molar-refractivity contribution in [2.75, 3.05) is 27.3 Å². The van der Waals surface area contributed by atoms with Crippen LogP contribution in [-0.4, -0.2) is 43.1 Å². The van der Waals surface area contributed by atoms with E-state index in [0.29, 0.717) is 23.6 Å². The van der Waals surface area contributed by atoms with Gasteiger partial charge in [0.05, 0.1) is 26.5 Å². The van der Waals surface area contributed by atoms with E-state index in [9.17, 15) is 4.79 Å². The van der Waals surface area contributed by atoms with Crippen LogP contribution in [0.3, 0.4) is 0 Å². The molecular formula is C18H25N3O3S. The fourth-order valence-electron chi connectivity index (χ4n) is 2.38. The lowest BCUT2D eigenvalue weighted by atomic mass is 10.2. The molecule has 0 saturated heterocycles. The minimum absolute atomic E-state index is 0.183. The molecule has 6 nitrogen and oxygen atoms in total. The van der Waals surface area contributed by atoms with Gasteiger partial charge in [-0.05, 0) is 25.2 Å². The number of ether oxygens (including phenoxy) is 2. The minimum atomic E-state index is -0.183. The fraction of sp³-hybridized carbons (Fsp3) is 0.444. The highest BCUT2D eigenvalue weighted by atomic mass is 32.1. The molecule has 25 heavy (non-hydrogen) atoms. The van der Waals surface area contributed by atoms with E-state index in [2.05, 4.69) is 29.0 Å². The Balaban J connectivity index is 1.97. The van der Waals surface area contributed by atoms with Crippen molar-refractivity contribution in [2.24, 2.45) is 0 Å². The van der Waals surface area contributed by atoms with E-state index >= 15 is 0 Å². The zero-order chi connectivity index (χ0) is 18.2. The van der Waals surface area contributed by atoms with Crippen molar-refractivity contribution < 1.29 is 14.3 Å². The van der Waals surface area contributed by atoms with Crippen molar-refractivity contribution in [3.63, 3.8) is 0 Å². The van der Waals surface area contributed by atoms with Gasteiger partial charge in [-0.1, -0.05) is 13.8 Å². The Morgan fingerprint density at radius 1 is 1.16 bits per heavy atom. The molecule has 0 aliphatic heterocycles. The molecule has 0 aliphatic rings. The van der Waals surface area contributed by atoms with E-state index in [4.69, 9.17) is 9.47 Å². The first-order valence-electron chi connectivity index (χ1n) is 8.26. The zero-order valence-electron chi connectivity index (χ0n) is 15.2. The Labute approximate surface area is 152 Å². The summed E-state index contributed by atoms with van der Waals surface area (Å²) in [6, 6.07) is 5.11. The van der Waals surface area contributed by atoms with Crippen LogP contribution in [-0.2, 0) is 13.1 Å². The molecule has 0 bridgehead atoms. The van der Waals surface area contributed by atoms with Crippen LogP contribution in [0.1, 0.15) is 34.9 Å². The summed E-state index contributed by atoms with van der Waals surface area (Å²) >= 11 is 1.56. The lowest BCUT2D eigenvalue weighted by Crippen LogP contribution is -2.23. The van der Waals surface area contributed by atoms with E-state index in [1.54, 1.807) is 43.8 Å². The van der Waals surface area contributed by atoms with Crippen LogP contribution >= 0.6 is 11.3 Å². The number of nitrogens with one attached hydrogen (secondary N) is 1. The summed E-state index contributed by atoms with van der Waals surface area (Å²) in [7, 11) is 3.12. The minimum Gasteiger partial charge on any atom is -0.497 e. The number of hydrogen-bond acceptors (Lipinski definition) is 6. The van der Waals surface area contributed by atoms with Crippen LogP contribution in [0.25, 0.3) is 0 Å². The van der Waals surface area contributed by atoms with E-state index in [0.717, 1.165) is 30.3 Å². The molecule has 1 aromatic heterocycles. The van der Waals surface area contributed by atoms with Gasteiger partial charge in [0, 0.05) is 23.6 Å². The van der Waals surface area contributed by atoms with Crippen molar-refractivity contribution in [1.82, 2.24) is 15.2 Å². The molecule has 2 aromatic rings. The number of rotatable bonds is 9. The van der Waals surface area contributed by atoms with Crippen LogP contribution in [0, 0.1) is 0 Å². The van der Waals surface area contributed by atoms with Crippen LogP contribution < -0.4 is 14.8 Å². The Bertz CT molecular complexity index is 676. The Morgan fingerprint density at radius 3 is 2.36 bits per heavy atom. The summed E-state index contributed by atoms with van der Waals surface area (Å²) in [5.41, 5.74) is 1.54. The Hall–Kier alpha value is -2.12. The van der Waals surface area contributed by atoms with Crippen LogP contribution in [0.2, 0.25) is 0 Å². The second kappa shape index (κ2) is 9.39. The average molecular weight is 363 g/mol. The number of carbonyl (C=O) groups is 1. The Morgan fingerprint density at radius 2 is 1.80 bits per heavy atom. The topological polar surface area (TPSA) is 63.7 Å². The smallest absolute Gasteiger partial charge is 0.251 e. The standard InChI is InChI=1S/C18H25N3O3S/c1-5-21(6-2)11-14-12-25-17(20-14)10-19-18(22)13-7-15(23-3)9-16(8-13)24-4/h7-9,12H,5-6,10-11H2,1-4H3,(H,19,22). The third kappa shape index (κ3) is 5.44. The van der Waals surface area contributed by atoms with Gasteiger partial charge in [0.2, 0.25) is 0 Å². The molecule has 136 valence electrons. The summed E-state index contributed by atoms with van der Waals surface area (Å²) in [5, 5.41) is 5.84. The van der Waals surface area contributed by atoms with Gasteiger partial charge in [0.1, 0.15) is 16.5 Å². The highest BCUT2D eigenvalue weighted by Crippen LogP contribution is 2.22. The van der Waals surface area contributed by atoms with Gasteiger partial charge < -0.3 is 14.8 Å². The lowest BCUT2D eigenvalue weighted by molar-refractivity contribution is 0.0950. The van der Waals surface area contributed by atoms with Crippen LogP contribution in [0.4, 0.5) is 0 Å². The molecule has 0 spiro atoms. The number of thiazole rings is 1. The van der Waals surface area contributed by atoms with E-state index in [1.807, 2.05) is 5.38 Å². The summed E-state index contributed by atoms with van der Waals surface area (Å²) in [6.07, 6.45) is 0. The number of nitrogens with zero attached hydrogens (tertiary/aromatic N) is 2. The van der Waals surface area contributed by atoms with Gasteiger partial charge >= 0.3 is 0 Å². The summed E-state index contributed by atoms with van der Waals surface area (Å²) in [6.45, 7) is 7.51. The van der Waals surface area contributed by atoms with Gasteiger partial charge in [-0.2, -0.15) is 0 Å². The maximum atomic E-state index is 12.4. The SMILES string of the molecule is CCN(CC)Cc1csc(CNC(=O)c2cc(OC)cc(OC)c2)n1. The highest BCUT2D eigenvalue weighted by Gasteiger charge is 2.11. The van der Waals surface area contributed by atoms with E-state index in [-0.39, 0.29) is 5.91 Å². The molecule has 0 radical (unpaired) electrons. The highest BCUT2D eigenvalue weighted by molar-refractivity contribution is 7.09. The van der Waals surface area contributed by atoms with Crippen molar-refractivity contribution in [1.29, 1.82) is 0 Å². The summed E-state index contributed by atoms with van der Waals surface area (Å²) in [5.74, 6) is 0.984. The maximum absolute atomic E-state index is 12.4. The molecule has 7 heteroatoms. The summed E-state index contributed by atoms with van der Waals surface area (Å²) in [4.78, 5) is 19.3. The van der Waals surface area contributed by atoms with Gasteiger partial charge in [-0.3, -0.25) is 9.69 Å². The average Bonchev–Trinajstić information content (AvgIpc) is 3.10. The first kappa shape index (κ1) is 19.2. The van der Waals surface area contributed by atoms with Crippen molar-refractivity contribution in [2.45, 2.75) is 26.9 Å². The zero-order valence-corrected chi connectivity index (χ0v) is 16.0. The molecule has 2 rings (SSSR count). The maximum Gasteiger partial charge on any atom is 0.251 e. The number of carbonyl (C=O) groups excluding carboxylic acids is 1. The predicted molar refractivity (Wildman–Crippen MR) is 99.5 cm³/mol.